The van der Waals surface area contributed by atoms with E-state index in [1.165, 1.54) is 5.56 Å². The molecule has 0 aliphatic rings. The molecule has 0 aliphatic heterocycles. The second-order valence-corrected chi connectivity index (χ2v) is 5.06. The maximum Gasteiger partial charge on any atom is 0.252 e. The number of carbonyl (C=O) groups excluding carboxylic acids is 1. The Morgan fingerprint density at radius 3 is 2.40 bits per heavy atom. The van der Waals surface area contributed by atoms with Gasteiger partial charge in [-0.15, -0.1) is 0 Å². The Kier molecular flexibility index (Phi) is 4.08. The van der Waals surface area contributed by atoms with Crippen LogP contribution in [0.15, 0.2) is 42.5 Å². The van der Waals surface area contributed by atoms with Gasteiger partial charge in [-0.25, -0.2) is 0 Å². The van der Waals surface area contributed by atoms with Gasteiger partial charge in [0.25, 0.3) is 5.91 Å². The van der Waals surface area contributed by atoms with Gasteiger partial charge in [-0.05, 0) is 38.5 Å². The molecule has 0 spiro atoms. The van der Waals surface area contributed by atoms with Gasteiger partial charge in [0.2, 0.25) is 0 Å². The second-order valence-electron chi connectivity index (χ2n) is 5.06. The molecule has 0 saturated carbocycles. The maximum atomic E-state index is 12.2. The van der Waals surface area contributed by atoms with Gasteiger partial charge in [0.1, 0.15) is 5.75 Å². The fourth-order valence-corrected chi connectivity index (χ4v) is 2.08. The summed E-state index contributed by atoms with van der Waals surface area (Å²) in [5.74, 6) is -0.0351. The molecule has 2 aromatic carbocycles. The van der Waals surface area contributed by atoms with Crippen LogP contribution in [0.4, 0.5) is 0 Å². The Morgan fingerprint density at radius 2 is 1.75 bits per heavy atom. The Labute approximate surface area is 119 Å². The highest BCUT2D eigenvalue weighted by Gasteiger charge is 2.14. The van der Waals surface area contributed by atoms with E-state index < -0.39 is 0 Å². The van der Waals surface area contributed by atoms with Crippen molar-refractivity contribution in [2.24, 2.45) is 0 Å². The van der Waals surface area contributed by atoms with E-state index in [-0.39, 0.29) is 17.7 Å². The lowest BCUT2D eigenvalue weighted by Crippen LogP contribution is -2.27. The molecule has 1 unspecified atom stereocenters. The van der Waals surface area contributed by atoms with Crippen molar-refractivity contribution < 1.29 is 9.90 Å². The van der Waals surface area contributed by atoms with Gasteiger partial charge in [0, 0.05) is 11.1 Å². The molecule has 0 saturated heterocycles. The zero-order chi connectivity index (χ0) is 14.7. The van der Waals surface area contributed by atoms with Crippen LogP contribution >= 0.6 is 0 Å². The maximum absolute atomic E-state index is 12.2. The van der Waals surface area contributed by atoms with E-state index in [4.69, 9.17) is 0 Å². The molecule has 2 N–H and O–H groups in total. The van der Waals surface area contributed by atoms with E-state index >= 15 is 0 Å². The minimum absolute atomic E-state index is 0.0788. The molecule has 0 radical (unpaired) electrons. The van der Waals surface area contributed by atoms with E-state index in [9.17, 15) is 9.90 Å². The molecule has 0 heterocycles. The van der Waals surface area contributed by atoms with Crippen molar-refractivity contribution in [1.29, 1.82) is 0 Å². The topological polar surface area (TPSA) is 49.3 Å². The van der Waals surface area contributed by atoms with Crippen LogP contribution in [0.25, 0.3) is 0 Å². The van der Waals surface area contributed by atoms with E-state index in [0.29, 0.717) is 11.1 Å². The van der Waals surface area contributed by atoms with E-state index in [1.54, 1.807) is 25.1 Å². The number of carbonyl (C=O) groups is 1. The van der Waals surface area contributed by atoms with Crippen LogP contribution < -0.4 is 5.32 Å². The Morgan fingerprint density at radius 1 is 1.10 bits per heavy atom. The van der Waals surface area contributed by atoms with Gasteiger partial charge in [0.15, 0.2) is 0 Å². The predicted molar refractivity (Wildman–Crippen MR) is 79.9 cm³/mol. The standard InChI is InChI=1S/C17H19NO2/c1-11-7-9-14(10-8-11)13(3)18-17(20)15-5-4-6-16(19)12(15)2/h4-10,13,19H,1-3H3,(H,18,20). The summed E-state index contributed by atoms with van der Waals surface area (Å²) in [5, 5.41) is 12.6. The van der Waals surface area contributed by atoms with Crippen molar-refractivity contribution in [3.05, 3.63) is 64.7 Å². The minimum atomic E-state index is -0.175. The van der Waals surface area contributed by atoms with Crippen molar-refractivity contribution in [2.75, 3.05) is 0 Å². The number of nitrogens with one attached hydrogen (secondary N) is 1. The van der Waals surface area contributed by atoms with E-state index in [2.05, 4.69) is 5.32 Å². The number of phenols is 1. The molecule has 3 heteroatoms. The summed E-state index contributed by atoms with van der Waals surface area (Å²) < 4.78 is 0. The van der Waals surface area contributed by atoms with Crippen LogP contribution in [0.2, 0.25) is 0 Å². The lowest BCUT2D eigenvalue weighted by molar-refractivity contribution is 0.0939. The molecule has 0 fully saturated rings. The second kappa shape index (κ2) is 5.78. The summed E-state index contributed by atoms with van der Waals surface area (Å²) in [4.78, 5) is 12.2. The van der Waals surface area contributed by atoms with E-state index in [0.717, 1.165) is 5.56 Å². The first-order valence-electron chi connectivity index (χ1n) is 6.65. The number of phenolic OH excluding ortho intramolecular Hbond substituents is 1. The number of amides is 1. The smallest absolute Gasteiger partial charge is 0.252 e. The molecule has 0 aromatic heterocycles. The number of aryl methyl sites for hydroxylation is 1. The van der Waals surface area contributed by atoms with Crippen molar-refractivity contribution in [2.45, 2.75) is 26.8 Å². The summed E-state index contributed by atoms with van der Waals surface area (Å²) in [6.07, 6.45) is 0. The molecule has 3 nitrogen and oxygen atoms in total. The highest BCUT2D eigenvalue weighted by Crippen LogP contribution is 2.20. The average molecular weight is 269 g/mol. The van der Waals surface area contributed by atoms with Gasteiger partial charge in [-0.3, -0.25) is 4.79 Å². The van der Waals surface area contributed by atoms with Crippen molar-refractivity contribution in [3.8, 4) is 5.75 Å². The zero-order valence-electron chi connectivity index (χ0n) is 12.0. The van der Waals surface area contributed by atoms with Gasteiger partial charge < -0.3 is 10.4 Å². The van der Waals surface area contributed by atoms with Crippen molar-refractivity contribution in [3.63, 3.8) is 0 Å². The summed E-state index contributed by atoms with van der Waals surface area (Å²) >= 11 is 0. The molecule has 2 aromatic rings. The molecule has 2 rings (SSSR count). The van der Waals surface area contributed by atoms with Crippen LogP contribution in [0, 0.1) is 13.8 Å². The van der Waals surface area contributed by atoms with Crippen molar-refractivity contribution >= 4 is 5.91 Å². The van der Waals surface area contributed by atoms with Crippen LogP contribution in [0.5, 0.6) is 5.75 Å². The molecular formula is C17H19NO2. The molecule has 0 aliphatic carbocycles. The summed E-state index contributed by atoms with van der Waals surface area (Å²) in [5.41, 5.74) is 3.35. The highest BCUT2D eigenvalue weighted by atomic mass is 16.3. The lowest BCUT2D eigenvalue weighted by Gasteiger charge is -2.16. The van der Waals surface area contributed by atoms with E-state index in [1.807, 2.05) is 38.1 Å². The zero-order valence-corrected chi connectivity index (χ0v) is 12.0. The molecular weight excluding hydrogens is 250 g/mol. The molecule has 104 valence electrons. The van der Waals surface area contributed by atoms with Gasteiger partial charge in [-0.1, -0.05) is 35.9 Å². The normalized spacial score (nSPS) is 11.9. The number of hydrogen-bond donors (Lipinski definition) is 2. The van der Waals surface area contributed by atoms with Gasteiger partial charge in [0.05, 0.1) is 6.04 Å². The van der Waals surface area contributed by atoms with Crippen LogP contribution in [0.1, 0.15) is 40.0 Å². The van der Waals surface area contributed by atoms with Crippen LogP contribution in [-0.4, -0.2) is 11.0 Å². The fraction of sp³-hybridized carbons (Fsp3) is 0.235. The Hall–Kier alpha value is -2.29. The first kappa shape index (κ1) is 14.1. The van der Waals surface area contributed by atoms with Crippen LogP contribution in [-0.2, 0) is 0 Å². The molecule has 0 bridgehead atoms. The van der Waals surface area contributed by atoms with Gasteiger partial charge >= 0.3 is 0 Å². The summed E-state index contributed by atoms with van der Waals surface area (Å²) in [6.45, 7) is 5.71. The number of hydrogen-bond acceptors (Lipinski definition) is 2. The Bertz CT molecular complexity index is 617. The summed E-state index contributed by atoms with van der Waals surface area (Å²) in [7, 11) is 0. The third kappa shape index (κ3) is 2.99. The predicted octanol–water partition coefficient (Wildman–Crippen LogP) is 3.50. The first-order chi connectivity index (χ1) is 9.49. The fourth-order valence-electron chi connectivity index (χ4n) is 2.08. The first-order valence-corrected chi connectivity index (χ1v) is 6.65. The summed E-state index contributed by atoms with van der Waals surface area (Å²) in [6, 6.07) is 13.0. The molecule has 1 atom stereocenters. The third-order valence-corrected chi connectivity index (χ3v) is 3.47. The number of benzene rings is 2. The number of rotatable bonds is 3. The Balaban J connectivity index is 2.15. The molecule has 1 amide bonds. The highest BCUT2D eigenvalue weighted by molar-refractivity contribution is 5.96. The largest absolute Gasteiger partial charge is 0.508 e. The molecule has 20 heavy (non-hydrogen) atoms. The number of aromatic hydroxyl groups is 1. The SMILES string of the molecule is Cc1ccc(C(C)NC(=O)c2cccc(O)c2C)cc1. The minimum Gasteiger partial charge on any atom is -0.508 e. The van der Waals surface area contributed by atoms with Crippen LogP contribution in [0.3, 0.4) is 0 Å². The monoisotopic (exact) mass is 269 g/mol. The van der Waals surface area contributed by atoms with Crippen molar-refractivity contribution in [1.82, 2.24) is 5.32 Å². The average Bonchev–Trinajstić information content (AvgIpc) is 2.42. The quantitative estimate of drug-likeness (QED) is 0.896. The van der Waals surface area contributed by atoms with Gasteiger partial charge in [-0.2, -0.15) is 0 Å². The third-order valence-electron chi connectivity index (χ3n) is 3.47. The lowest BCUT2D eigenvalue weighted by atomic mass is 10.0.